The van der Waals surface area contributed by atoms with Gasteiger partial charge in [0.15, 0.2) is 0 Å². The minimum absolute atomic E-state index is 0.0138. The van der Waals surface area contributed by atoms with Crippen molar-refractivity contribution in [2.75, 3.05) is 13.1 Å². The van der Waals surface area contributed by atoms with Crippen molar-refractivity contribution in [3.05, 3.63) is 48.0 Å². The molecule has 0 atom stereocenters. The summed E-state index contributed by atoms with van der Waals surface area (Å²) < 4.78 is 0. The summed E-state index contributed by atoms with van der Waals surface area (Å²) in [4.78, 5) is 25.2. The maximum atomic E-state index is 12.2. The summed E-state index contributed by atoms with van der Waals surface area (Å²) >= 11 is 0. The standard InChI is InChI=1S/C17H22N2O2/c1-5-15(20)19-10-14(11-19)18-16(21)12-7-6-8-13(9-12)17(2,3)4/h5-9,14H,1,10-11H2,2-4H3,(H,18,21). The van der Waals surface area contributed by atoms with Crippen LogP contribution < -0.4 is 5.32 Å². The van der Waals surface area contributed by atoms with Crippen LogP contribution in [-0.4, -0.2) is 35.8 Å². The molecule has 0 radical (unpaired) electrons. The second-order valence-corrected chi connectivity index (χ2v) is 6.45. The molecule has 112 valence electrons. The van der Waals surface area contributed by atoms with Crippen LogP contribution in [0.2, 0.25) is 0 Å². The van der Waals surface area contributed by atoms with Crippen molar-refractivity contribution in [3.63, 3.8) is 0 Å². The fourth-order valence-corrected chi connectivity index (χ4v) is 2.27. The average Bonchev–Trinajstić information content (AvgIpc) is 2.40. The highest BCUT2D eigenvalue weighted by Crippen LogP contribution is 2.23. The Morgan fingerprint density at radius 3 is 2.57 bits per heavy atom. The molecule has 1 fully saturated rings. The van der Waals surface area contributed by atoms with Crippen LogP contribution >= 0.6 is 0 Å². The minimum Gasteiger partial charge on any atom is -0.346 e. The second kappa shape index (κ2) is 5.72. The van der Waals surface area contributed by atoms with E-state index in [9.17, 15) is 9.59 Å². The molecule has 0 bridgehead atoms. The van der Waals surface area contributed by atoms with Gasteiger partial charge in [0.1, 0.15) is 0 Å². The van der Waals surface area contributed by atoms with Crippen molar-refractivity contribution >= 4 is 11.8 Å². The minimum atomic E-state index is -0.0878. The lowest BCUT2D eigenvalue weighted by Crippen LogP contribution is -2.60. The Morgan fingerprint density at radius 1 is 1.33 bits per heavy atom. The molecule has 1 saturated heterocycles. The van der Waals surface area contributed by atoms with E-state index in [0.29, 0.717) is 18.7 Å². The third kappa shape index (κ3) is 3.51. The number of carbonyl (C=O) groups is 2. The molecule has 1 N–H and O–H groups in total. The fourth-order valence-electron chi connectivity index (χ4n) is 2.27. The molecular weight excluding hydrogens is 264 g/mol. The van der Waals surface area contributed by atoms with E-state index in [2.05, 4.69) is 32.7 Å². The van der Waals surface area contributed by atoms with Gasteiger partial charge in [-0.05, 0) is 29.2 Å². The van der Waals surface area contributed by atoms with Gasteiger partial charge in [-0.1, -0.05) is 39.5 Å². The SMILES string of the molecule is C=CC(=O)N1CC(NC(=O)c2cccc(C(C)(C)C)c2)C1. The van der Waals surface area contributed by atoms with Gasteiger partial charge >= 0.3 is 0 Å². The summed E-state index contributed by atoms with van der Waals surface area (Å²) in [6.45, 7) is 10.9. The molecule has 1 aliphatic heterocycles. The van der Waals surface area contributed by atoms with E-state index in [1.54, 1.807) is 4.90 Å². The van der Waals surface area contributed by atoms with Crippen molar-refractivity contribution in [2.24, 2.45) is 0 Å². The van der Waals surface area contributed by atoms with E-state index in [1.165, 1.54) is 6.08 Å². The number of hydrogen-bond donors (Lipinski definition) is 1. The smallest absolute Gasteiger partial charge is 0.251 e. The van der Waals surface area contributed by atoms with E-state index in [4.69, 9.17) is 0 Å². The molecule has 2 rings (SSSR count). The van der Waals surface area contributed by atoms with Crippen LogP contribution in [0.3, 0.4) is 0 Å². The zero-order valence-electron chi connectivity index (χ0n) is 12.8. The van der Waals surface area contributed by atoms with Crippen LogP contribution in [0, 0.1) is 0 Å². The van der Waals surface area contributed by atoms with Gasteiger partial charge in [-0.3, -0.25) is 9.59 Å². The van der Waals surface area contributed by atoms with Crippen molar-refractivity contribution < 1.29 is 9.59 Å². The molecule has 0 aliphatic carbocycles. The lowest BCUT2D eigenvalue weighted by Gasteiger charge is -2.38. The van der Waals surface area contributed by atoms with Crippen LogP contribution in [0.4, 0.5) is 0 Å². The number of hydrogen-bond acceptors (Lipinski definition) is 2. The normalized spacial score (nSPS) is 15.3. The quantitative estimate of drug-likeness (QED) is 0.865. The summed E-state index contributed by atoms with van der Waals surface area (Å²) in [6.07, 6.45) is 1.30. The highest BCUT2D eigenvalue weighted by molar-refractivity contribution is 5.95. The van der Waals surface area contributed by atoms with Gasteiger partial charge in [0.05, 0.1) is 6.04 Å². The molecule has 21 heavy (non-hydrogen) atoms. The zero-order chi connectivity index (χ0) is 15.6. The van der Waals surface area contributed by atoms with Gasteiger partial charge in [-0.25, -0.2) is 0 Å². The fraction of sp³-hybridized carbons (Fsp3) is 0.412. The maximum absolute atomic E-state index is 12.2. The van der Waals surface area contributed by atoms with Crippen LogP contribution in [0.1, 0.15) is 36.7 Å². The molecule has 4 heteroatoms. The molecule has 1 heterocycles. The Kier molecular flexibility index (Phi) is 4.16. The monoisotopic (exact) mass is 286 g/mol. The van der Waals surface area contributed by atoms with Crippen LogP contribution in [0.25, 0.3) is 0 Å². The predicted molar refractivity (Wildman–Crippen MR) is 83.2 cm³/mol. The summed E-state index contributed by atoms with van der Waals surface area (Å²) in [5.41, 5.74) is 1.81. The van der Waals surface area contributed by atoms with Crippen molar-refractivity contribution in [2.45, 2.75) is 32.2 Å². The predicted octanol–water partition coefficient (Wildman–Crippen LogP) is 2.11. The average molecular weight is 286 g/mol. The van der Waals surface area contributed by atoms with E-state index < -0.39 is 0 Å². The lowest BCUT2D eigenvalue weighted by atomic mass is 9.86. The summed E-state index contributed by atoms with van der Waals surface area (Å²) in [5.74, 6) is -0.174. The van der Waals surface area contributed by atoms with E-state index in [1.807, 2.05) is 24.3 Å². The van der Waals surface area contributed by atoms with Crippen molar-refractivity contribution in [1.29, 1.82) is 0 Å². The van der Waals surface area contributed by atoms with Crippen LogP contribution in [0.15, 0.2) is 36.9 Å². The topological polar surface area (TPSA) is 49.4 Å². The largest absolute Gasteiger partial charge is 0.346 e. The Labute approximate surface area is 125 Å². The van der Waals surface area contributed by atoms with Gasteiger partial charge in [0.2, 0.25) is 5.91 Å². The number of likely N-dealkylation sites (tertiary alicyclic amines) is 1. The maximum Gasteiger partial charge on any atom is 0.251 e. The Bertz CT molecular complexity index is 566. The second-order valence-electron chi connectivity index (χ2n) is 6.45. The van der Waals surface area contributed by atoms with Gasteiger partial charge in [-0.15, -0.1) is 0 Å². The first-order valence-electron chi connectivity index (χ1n) is 7.14. The zero-order valence-corrected chi connectivity index (χ0v) is 12.8. The Hall–Kier alpha value is -2.10. The van der Waals surface area contributed by atoms with Gasteiger partial charge < -0.3 is 10.2 Å². The number of carbonyl (C=O) groups excluding carboxylic acids is 2. The molecule has 1 aliphatic rings. The van der Waals surface area contributed by atoms with E-state index >= 15 is 0 Å². The van der Waals surface area contributed by atoms with Gasteiger partial charge in [0.25, 0.3) is 5.91 Å². The lowest BCUT2D eigenvalue weighted by molar-refractivity contribution is -0.130. The number of amides is 2. The number of benzene rings is 1. The first kappa shape index (κ1) is 15.3. The summed E-state index contributed by atoms with van der Waals surface area (Å²) in [7, 11) is 0. The molecule has 1 aromatic rings. The first-order chi connectivity index (χ1) is 9.81. The van der Waals surface area contributed by atoms with Crippen LogP contribution in [-0.2, 0) is 10.2 Å². The van der Waals surface area contributed by atoms with E-state index in [-0.39, 0.29) is 23.3 Å². The Morgan fingerprint density at radius 2 is 2.00 bits per heavy atom. The first-order valence-corrected chi connectivity index (χ1v) is 7.14. The van der Waals surface area contributed by atoms with Gasteiger partial charge in [0, 0.05) is 18.7 Å². The molecule has 0 spiro atoms. The number of nitrogens with zero attached hydrogens (tertiary/aromatic N) is 1. The number of rotatable bonds is 3. The third-order valence-corrected chi connectivity index (χ3v) is 3.69. The highest BCUT2D eigenvalue weighted by Gasteiger charge is 2.30. The van der Waals surface area contributed by atoms with E-state index in [0.717, 1.165) is 5.56 Å². The van der Waals surface area contributed by atoms with Crippen molar-refractivity contribution in [3.8, 4) is 0 Å². The Balaban J connectivity index is 1.96. The molecule has 4 nitrogen and oxygen atoms in total. The molecule has 0 aromatic heterocycles. The molecule has 0 unspecified atom stereocenters. The highest BCUT2D eigenvalue weighted by atomic mass is 16.2. The van der Waals surface area contributed by atoms with Gasteiger partial charge in [-0.2, -0.15) is 0 Å². The molecular formula is C17H22N2O2. The molecule has 1 aromatic carbocycles. The summed E-state index contributed by atoms with van der Waals surface area (Å²) in [5, 5.41) is 2.95. The third-order valence-electron chi connectivity index (χ3n) is 3.69. The summed E-state index contributed by atoms with van der Waals surface area (Å²) in [6, 6.07) is 7.71. The van der Waals surface area contributed by atoms with Crippen molar-refractivity contribution in [1.82, 2.24) is 10.2 Å². The number of nitrogens with one attached hydrogen (secondary N) is 1. The molecule has 0 saturated carbocycles. The molecule has 2 amide bonds. The van der Waals surface area contributed by atoms with Crippen LogP contribution in [0.5, 0.6) is 0 Å².